The summed E-state index contributed by atoms with van der Waals surface area (Å²) in [4.78, 5) is 4.69. The average molecular weight is 344 g/mol. The Balaban J connectivity index is 1.84. The van der Waals surface area contributed by atoms with Gasteiger partial charge in [-0.05, 0) is 56.1 Å². The molecule has 0 bridgehead atoms. The van der Waals surface area contributed by atoms with Gasteiger partial charge in [-0.25, -0.2) is 4.98 Å². The highest BCUT2D eigenvalue weighted by Crippen LogP contribution is 2.62. The third-order valence-corrected chi connectivity index (χ3v) is 5.90. The SMILES string of the molecule is CC(Cl)c1nc2cc(Cl)c(Cl)cc2n1CC1(C2CC2)CC1. The number of hydrogen-bond acceptors (Lipinski definition) is 1. The van der Waals surface area contributed by atoms with Crippen LogP contribution in [-0.2, 0) is 6.54 Å². The van der Waals surface area contributed by atoms with Crippen LogP contribution < -0.4 is 0 Å². The highest BCUT2D eigenvalue weighted by Gasteiger charge is 2.54. The van der Waals surface area contributed by atoms with E-state index in [1.54, 1.807) is 0 Å². The molecule has 2 saturated carbocycles. The number of alkyl halides is 1. The van der Waals surface area contributed by atoms with Gasteiger partial charge in [0.2, 0.25) is 0 Å². The molecule has 0 spiro atoms. The molecule has 2 nitrogen and oxygen atoms in total. The molecule has 21 heavy (non-hydrogen) atoms. The van der Waals surface area contributed by atoms with Crippen molar-refractivity contribution in [3.8, 4) is 0 Å². The smallest absolute Gasteiger partial charge is 0.127 e. The Kier molecular flexibility index (Phi) is 3.22. The molecule has 1 aromatic carbocycles. The monoisotopic (exact) mass is 342 g/mol. The van der Waals surface area contributed by atoms with Crippen LogP contribution in [0.15, 0.2) is 12.1 Å². The number of halogens is 3. The summed E-state index contributed by atoms with van der Waals surface area (Å²) >= 11 is 18.7. The second-order valence-corrected chi connectivity index (χ2v) is 8.03. The van der Waals surface area contributed by atoms with E-state index in [0.29, 0.717) is 15.5 Å². The van der Waals surface area contributed by atoms with Crippen molar-refractivity contribution in [3.63, 3.8) is 0 Å². The van der Waals surface area contributed by atoms with E-state index in [-0.39, 0.29) is 5.38 Å². The minimum absolute atomic E-state index is 0.120. The second kappa shape index (κ2) is 4.78. The van der Waals surface area contributed by atoms with Crippen molar-refractivity contribution in [2.24, 2.45) is 11.3 Å². The topological polar surface area (TPSA) is 17.8 Å². The summed E-state index contributed by atoms with van der Waals surface area (Å²) in [5, 5.41) is 1.01. The van der Waals surface area contributed by atoms with E-state index in [9.17, 15) is 0 Å². The lowest BCUT2D eigenvalue weighted by molar-refractivity contribution is 0.369. The molecule has 2 fully saturated rings. The van der Waals surface area contributed by atoms with Crippen molar-refractivity contribution in [2.45, 2.75) is 44.5 Å². The van der Waals surface area contributed by atoms with Gasteiger partial charge >= 0.3 is 0 Å². The summed E-state index contributed by atoms with van der Waals surface area (Å²) in [5.74, 6) is 1.83. The van der Waals surface area contributed by atoms with E-state index in [1.165, 1.54) is 25.7 Å². The van der Waals surface area contributed by atoms with Crippen LogP contribution in [-0.4, -0.2) is 9.55 Å². The van der Waals surface area contributed by atoms with E-state index in [0.717, 1.165) is 29.3 Å². The van der Waals surface area contributed by atoms with Crippen molar-refractivity contribution in [2.75, 3.05) is 0 Å². The summed E-state index contributed by atoms with van der Waals surface area (Å²) in [6, 6.07) is 3.77. The predicted molar refractivity (Wildman–Crippen MR) is 88.4 cm³/mol. The van der Waals surface area contributed by atoms with Crippen molar-refractivity contribution in [3.05, 3.63) is 28.0 Å². The normalized spacial score (nSPS) is 21.7. The van der Waals surface area contributed by atoms with E-state index >= 15 is 0 Å². The highest BCUT2D eigenvalue weighted by atomic mass is 35.5. The molecule has 2 aliphatic carbocycles. The molecule has 4 rings (SSSR count). The van der Waals surface area contributed by atoms with Crippen LogP contribution in [0.5, 0.6) is 0 Å². The fourth-order valence-corrected chi connectivity index (χ4v) is 3.96. The van der Waals surface area contributed by atoms with Crippen molar-refractivity contribution in [1.82, 2.24) is 9.55 Å². The predicted octanol–water partition coefficient (Wildman–Crippen LogP) is 5.83. The van der Waals surface area contributed by atoms with Crippen molar-refractivity contribution < 1.29 is 0 Å². The maximum atomic E-state index is 6.35. The lowest BCUT2D eigenvalue weighted by atomic mass is 10.0. The Morgan fingerprint density at radius 2 is 1.95 bits per heavy atom. The molecule has 2 aliphatic rings. The zero-order chi connectivity index (χ0) is 14.8. The van der Waals surface area contributed by atoms with Crippen molar-refractivity contribution in [1.29, 1.82) is 0 Å². The molecule has 0 N–H and O–H groups in total. The summed E-state index contributed by atoms with van der Waals surface area (Å²) in [5.41, 5.74) is 2.43. The fourth-order valence-electron chi connectivity index (χ4n) is 3.48. The first-order valence-electron chi connectivity index (χ1n) is 7.49. The zero-order valence-electron chi connectivity index (χ0n) is 11.9. The lowest BCUT2D eigenvalue weighted by Gasteiger charge is -2.18. The number of fused-ring (bicyclic) bond motifs is 1. The number of aromatic nitrogens is 2. The van der Waals surface area contributed by atoms with Gasteiger partial charge in [-0.1, -0.05) is 23.2 Å². The van der Waals surface area contributed by atoms with E-state index in [1.807, 2.05) is 19.1 Å². The molecule has 1 heterocycles. The summed E-state index contributed by atoms with van der Waals surface area (Å²) < 4.78 is 2.28. The van der Waals surface area contributed by atoms with Gasteiger partial charge in [-0.15, -0.1) is 11.6 Å². The standard InChI is InChI=1S/C16H17Cl3N2/c1-9(17)15-20-13-6-11(18)12(19)7-14(13)21(15)8-16(4-5-16)10-2-3-10/h6-7,9-10H,2-5,8H2,1H3. The van der Waals surface area contributed by atoms with Crippen LogP contribution in [0.3, 0.4) is 0 Å². The number of benzene rings is 1. The third kappa shape index (κ3) is 2.36. The molecule has 0 radical (unpaired) electrons. The number of nitrogens with zero attached hydrogens (tertiary/aromatic N) is 2. The number of rotatable bonds is 4. The Morgan fingerprint density at radius 3 is 2.52 bits per heavy atom. The fraction of sp³-hybridized carbons (Fsp3) is 0.562. The molecule has 0 aliphatic heterocycles. The minimum atomic E-state index is -0.120. The molecule has 0 amide bonds. The molecule has 1 aromatic heterocycles. The summed E-state index contributed by atoms with van der Waals surface area (Å²) in [7, 11) is 0. The molecule has 112 valence electrons. The van der Waals surface area contributed by atoms with Gasteiger partial charge in [0.1, 0.15) is 5.82 Å². The molecule has 1 atom stereocenters. The Hall–Kier alpha value is -0.440. The average Bonchev–Trinajstić information content (AvgIpc) is 3.31. The van der Waals surface area contributed by atoms with Crippen LogP contribution in [0, 0.1) is 11.3 Å². The van der Waals surface area contributed by atoms with Crippen LogP contribution in [0.1, 0.15) is 43.8 Å². The molecule has 5 heteroatoms. The van der Waals surface area contributed by atoms with Crippen LogP contribution in [0.25, 0.3) is 11.0 Å². The zero-order valence-corrected chi connectivity index (χ0v) is 14.1. The summed E-state index contributed by atoms with van der Waals surface area (Å²) in [6.45, 7) is 2.98. The lowest BCUT2D eigenvalue weighted by Crippen LogP contribution is -2.16. The van der Waals surface area contributed by atoms with Gasteiger partial charge in [-0.3, -0.25) is 0 Å². The van der Waals surface area contributed by atoms with E-state index in [4.69, 9.17) is 39.8 Å². The number of imidazole rings is 1. The summed E-state index contributed by atoms with van der Waals surface area (Å²) in [6.07, 6.45) is 5.42. The van der Waals surface area contributed by atoms with E-state index in [2.05, 4.69) is 4.57 Å². The minimum Gasteiger partial charge on any atom is -0.326 e. The molecular weight excluding hydrogens is 327 g/mol. The molecule has 2 aromatic rings. The Labute approximate surface area is 139 Å². The van der Waals surface area contributed by atoms with Crippen molar-refractivity contribution >= 4 is 45.8 Å². The van der Waals surface area contributed by atoms with Gasteiger partial charge in [0, 0.05) is 6.54 Å². The van der Waals surface area contributed by atoms with Gasteiger partial charge in [0.15, 0.2) is 0 Å². The Morgan fingerprint density at radius 1 is 1.29 bits per heavy atom. The third-order valence-electron chi connectivity index (χ3n) is 4.98. The van der Waals surface area contributed by atoms with Gasteiger partial charge < -0.3 is 4.57 Å². The van der Waals surface area contributed by atoms with Gasteiger partial charge in [0.05, 0.1) is 26.5 Å². The molecule has 1 unspecified atom stereocenters. The highest BCUT2D eigenvalue weighted by molar-refractivity contribution is 6.42. The first-order valence-corrected chi connectivity index (χ1v) is 8.69. The molecule has 0 saturated heterocycles. The first kappa shape index (κ1) is 14.2. The largest absolute Gasteiger partial charge is 0.326 e. The van der Waals surface area contributed by atoms with Gasteiger partial charge in [-0.2, -0.15) is 0 Å². The van der Waals surface area contributed by atoms with Gasteiger partial charge in [0.25, 0.3) is 0 Å². The number of hydrogen-bond donors (Lipinski definition) is 0. The molecular formula is C16H17Cl3N2. The van der Waals surface area contributed by atoms with Crippen LogP contribution >= 0.6 is 34.8 Å². The van der Waals surface area contributed by atoms with Crippen LogP contribution in [0.4, 0.5) is 0 Å². The first-order chi connectivity index (χ1) is 10.00. The Bertz CT molecular complexity index is 712. The maximum Gasteiger partial charge on any atom is 0.127 e. The van der Waals surface area contributed by atoms with E-state index < -0.39 is 0 Å². The quantitative estimate of drug-likeness (QED) is 0.638. The second-order valence-electron chi connectivity index (χ2n) is 6.56. The van der Waals surface area contributed by atoms with Crippen LogP contribution in [0.2, 0.25) is 10.0 Å². The maximum absolute atomic E-state index is 6.35.